The first-order valence-electron chi connectivity index (χ1n) is 6.00. The number of urea groups is 1. The van der Waals surface area contributed by atoms with E-state index in [-0.39, 0.29) is 6.03 Å². The van der Waals surface area contributed by atoms with Gasteiger partial charge in [0.2, 0.25) is 0 Å². The van der Waals surface area contributed by atoms with Crippen LogP contribution in [0.25, 0.3) is 0 Å². The van der Waals surface area contributed by atoms with Crippen molar-refractivity contribution in [3.8, 4) is 0 Å². The molecule has 2 amide bonds. The van der Waals surface area contributed by atoms with Crippen molar-refractivity contribution in [1.82, 2.24) is 20.8 Å². The molecule has 2 aromatic heterocycles. The van der Waals surface area contributed by atoms with Gasteiger partial charge in [0.15, 0.2) is 0 Å². The van der Waals surface area contributed by atoms with Crippen molar-refractivity contribution >= 4 is 6.03 Å². The smallest absolute Gasteiger partial charge is 0.315 e. The van der Waals surface area contributed by atoms with Crippen LogP contribution in [0.3, 0.4) is 0 Å². The Hall–Kier alpha value is -2.37. The lowest BCUT2D eigenvalue weighted by molar-refractivity contribution is 0.240. The Labute approximate surface area is 111 Å². The van der Waals surface area contributed by atoms with Gasteiger partial charge in [0.25, 0.3) is 0 Å². The van der Waals surface area contributed by atoms with Crippen LogP contribution in [0.15, 0.2) is 28.9 Å². The monoisotopic (exact) mass is 260 g/mol. The van der Waals surface area contributed by atoms with Crippen molar-refractivity contribution in [3.05, 3.63) is 47.1 Å². The zero-order valence-corrected chi connectivity index (χ0v) is 10.9. The normalized spacial score (nSPS) is 10.2. The maximum Gasteiger partial charge on any atom is 0.315 e. The van der Waals surface area contributed by atoms with Crippen LogP contribution in [-0.4, -0.2) is 16.2 Å². The minimum atomic E-state index is -0.245. The Balaban J connectivity index is 1.79. The lowest BCUT2D eigenvalue weighted by atomic mass is 10.2. The molecule has 0 aliphatic carbocycles. The van der Waals surface area contributed by atoms with E-state index in [1.807, 2.05) is 32.0 Å². The van der Waals surface area contributed by atoms with Crippen LogP contribution in [0.4, 0.5) is 4.79 Å². The summed E-state index contributed by atoms with van der Waals surface area (Å²) in [7, 11) is 0. The first-order chi connectivity index (χ1) is 9.16. The SMILES string of the molecule is Cc1noc(C)c1CNC(=O)NCc1ccccn1. The van der Waals surface area contributed by atoms with E-state index >= 15 is 0 Å². The third-order valence-electron chi connectivity index (χ3n) is 2.76. The summed E-state index contributed by atoms with van der Waals surface area (Å²) in [6.07, 6.45) is 1.69. The number of hydrogen-bond donors (Lipinski definition) is 2. The van der Waals surface area contributed by atoms with Crippen LogP contribution in [-0.2, 0) is 13.1 Å². The Morgan fingerprint density at radius 1 is 1.26 bits per heavy atom. The molecule has 0 aliphatic heterocycles. The van der Waals surface area contributed by atoms with Gasteiger partial charge in [-0.05, 0) is 26.0 Å². The molecule has 2 aromatic rings. The fraction of sp³-hybridized carbons (Fsp3) is 0.308. The summed E-state index contributed by atoms with van der Waals surface area (Å²) < 4.78 is 5.03. The molecular formula is C13H16N4O2. The van der Waals surface area contributed by atoms with E-state index in [2.05, 4.69) is 20.8 Å². The summed E-state index contributed by atoms with van der Waals surface area (Å²) in [5.74, 6) is 0.725. The summed E-state index contributed by atoms with van der Waals surface area (Å²) in [4.78, 5) is 15.8. The molecule has 6 nitrogen and oxygen atoms in total. The van der Waals surface area contributed by atoms with Gasteiger partial charge in [-0.25, -0.2) is 4.79 Å². The summed E-state index contributed by atoms with van der Waals surface area (Å²) in [5, 5.41) is 9.33. The molecule has 0 radical (unpaired) electrons. The van der Waals surface area contributed by atoms with Gasteiger partial charge in [-0.1, -0.05) is 11.2 Å². The van der Waals surface area contributed by atoms with Crippen LogP contribution >= 0.6 is 0 Å². The molecule has 0 aliphatic rings. The van der Waals surface area contributed by atoms with Gasteiger partial charge in [-0.2, -0.15) is 0 Å². The Morgan fingerprint density at radius 3 is 2.68 bits per heavy atom. The second-order valence-corrected chi connectivity index (χ2v) is 4.16. The van der Waals surface area contributed by atoms with Crippen molar-refractivity contribution in [3.63, 3.8) is 0 Å². The van der Waals surface area contributed by atoms with Crippen LogP contribution in [0, 0.1) is 13.8 Å². The summed E-state index contributed by atoms with van der Waals surface area (Å²) in [6, 6.07) is 5.33. The molecule has 0 bridgehead atoms. The molecule has 6 heteroatoms. The van der Waals surface area contributed by atoms with E-state index in [1.165, 1.54) is 0 Å². The molecule has 0 unspecified atom stereocenters. The molecule has 0 spiro atoms. The second-order valence-electron chi connectivity index (χ2n) is 4.16. The Kier molecular flexibility index (Phi) is 4.12. The first-order valence-corrected chi connectivity index (χ1v) is 6.00. The average Bonchev–Trinajstić information content (AvgIpc) is 2.75. The Bertz CT molecular complexity index is 532. The number of rotatable bonds is 4. The zero-order valence-electron chi connectivity index (χ0n) is 10.9. The number of aryl methyl sites for hydroxylation is 2. The van der Waals surface area contributed by atoms with Gasteiger partial charge in [0.1, 0.15) is 5.76 Å². The number of carbonyl (C=O) groups excluding carboxylic acids is 1. The number of hydrogen-bond acceptors (Lipinski definition) is 4. The molecule has 100 valence electrons. The maximum absolute atomic E-state index is 11.6. The molecule has 0 atom stereocenters. The number of aromatic nitrogens is 2. The Morgan fingerprint density at radius 2 is 2.05 bits per heavy atom. The van der Waals surface area contributed by atoms with Gasteiger partial charge < -0.3 is 15.2 Å². The highest BCUT2D eigenvalue weighted by atomic mass is 16.5. The molecule has 0 aromatic carbocycles. The van der Waals surface area contributed by atoms with Crippen molar-refractivity contribution in [2.45, 2.75) is 26.9 Å². The first kappa shape index (κ1) is 13.1. The lowest BCUT2D eigenvalue weighted by Gasteiger charge is -2.06. The topological polar surface area (TPSA) is 80.0 Å². The maximum atomic E-state index is 11.6. The van der Waals surface area contributed by atoms with Crippen LogP contribution in [0.5, 0.6) is 0 Å². The largest absolute Gasteiger partial charge is 0.361 e. The molecule has 2 N–H and O–H groups in total. The highest BCUT2D eigenvalue weighted by Crippen LogP contribution is 2.11. The van der Waals surface area contributed by atoms with E-state index in [9.17, 15) is 4.79 Å². The molecule has 0 saturated heterocycles. The van der Waals surface area contributed by atoms with Gasteiger partial charge in [0.05, 0.1) is 17.9 Å². The average molecular weight is 260 g/mol. The van der Waals surface area contributed by atoms with Gasteiger partial charge in [-0.15, -0.1) is 0 Å². The highest BCUT2D eigenvalue weighted by Gasteiger charge is 2.09. The number of amides is 2. The van der Waals surface area contributed by atoms with Crippen LogP contribution < -0.4 is 10.6 Å². The molecule has 2 heterocycles. The molecule has 2 rings (SSSR count). The standard InChI is InChI=1S/C13H16N4O2/c1-9-12(10(2)19-17-9)8-16-13(18)15-7-11-5-3-4-6-14-11/h3-6H,7-8H2,1-2H3,(H2,15,16,18). The zero-order chi connectivity index (χ0) is 13.7. The van der Waals surface area contributed by atoms with Crippen LogP contribution in [0.1, 0.15) is 22.7 Å². The van der Waals surface area contributed by atoms with E-state index in [1.54, 1.807) is 6.20 Å². The molecular weight excluding hydrogens is 244 g/mol. The van der Waals surface area contributed by atoms with E-state index in [0.29, 0.717) is 13.1 Å². The minimum absolute atomic E-state index is 0.245. The predicted octanol–water partition coefficient (Wildman–Crippen LogP) is 1.69. The van der Waals surface area contributed by atoms with Crippen molar-refractivity contribution < 1.29 is 9.32 Å². The fourth-order valence-electron chi connectivity index (χ4n) is 1.66. The third-order valence-corrected chi connectivity index (χ3v) is 2.76. The van der Waals surface area contributed by atoms with Crippen molar-refractivity contribution in [2.75, 3.05) is 0 Å². The lowest BCUT2D eigenvalue weighted by Crippen LogP contribution is -2.34. The van der Waals surface area contributed by atoms with E-state index in [4.69, 9.17) is 4.52 Å². The number of pyridine rings is 1. The highest BCUT2D eigenvalue weighted by molar-refractivity contribution is 5.73. The van der Waals surface area contributed by atoms with Crippen LogP contribution in [0.2, 0.25) is 0 Å². The van der Waals surface area contributed by atoms with Gasteiger partial charge in [0, 0.05) is 18.3 Å². The number of carbonyl (C=O) groups is 1. The number of nitrogens with one attached hydrogen (secondary N) is 2. The predicted molar refractivity (Wildman–Crippen MR) is 69.3 cm³/mol. The fourth-order valence-corrected chi connectivity index (χ4v) is 1.66. The van der Waals surface area contributed by atoms with Crippen molar-refractivity contribution in [1.29, 1.82) is 0 Å². The summed E-state index contributed by atoms with van der Waals surface area (Å²) in [6.45, 7) is 4.46. The van der Waals surface area contributed by atoms with E-state index < -0.39 is 0 Å². The third kappa shape index (κ3) is 3.54. The second kappa shape index (κ2) is 5.99. The molecule has 0 saturated carbocycles. The van der Waals surface area contributed by atoms with Gasteiger partial charge >= 0.3 is 6.03 Å². The van der Waals surface area contributed by atoms with Gasteiger partial charge in [-0.3, -0.25) is 4.98 Å². The quantitative estimate of drug-likeness (QED) is 0.876. The van der Waals surface area contributed by atoms with Crippen molar-refractivity contribution in [2.24, 2.45) is 0 Å². The van der Waals surface area contributed by atoms with E-state index in [0.717, 1.165) is 22.7 Å². The number of nitrogens with zero attached hydrogens (tertiary/aromatic N) is 2. The summed E-state index contributed by atoms with van der Waals surface area (Å²) in [5.41, 5.74) is 2.52. The minimum Gasteiger partial charge on any atom is -0.361 e. The summed E-state index contributed by atoms with van der Waals surface area (Å²) >= 11 is 0. The molecule has 19 heavy (non-hydrogen) atoms. The molecule has 0 fully saturated rings.